The molecule has 98 valence electrons. The molecule has 2 aromatic rings. The van der Waals surface area contributed by atoms with E-state index in [1.807, 2.05) is 31.2 Å². The van der Waals surface area contributed by atoms with Gasteiger partial charge in [0.05, 0.1) is 0 Å². The van der Waals surface area contributed by atoms with E-state index in [0.717, 1.165) is 23.7 Å². The molecule has 19 heavy (non-hydrogen) atoms. The van der Waals surface area contributed by atoms with Gasteiger partial charge in [-0.05, 0) is 31.2 Å². The summed E-state index contributed by atoms with van der Waals surface area (Å²) in [6.07, 6.45) is 1.52. The molecule has 0 radical (unpaired) electrons. The Morgan fingerprint density at radius 2 is 2.11 bits per heavy atom. The smallest absolute Gasteiger partial charge is 0.164 e. The van der Waals surface area contributed by atoms with Crippen LogP contribution in [0.2, 0.25) is 0 Å². The molecule has 0 saturated heterocycles. The largest absolute Gasteiger partial charge is 0.486 e. The van der Waals surface area contributed by atoms with Crippen LogP contribution in [0.1, 0.15) is 18.3 Å². The first-order chi connectivity index (χ1) is 9.33. The molecule has 1 heterocycles. The van der Waals surface area contributed by atoms with Crippen LogP contribution in [0.25, 0.3) is 0 Å². The minimum Gasteiger partial charge on any atom is -0.486 e. The van der Waals surface area contributed by atoms with Gasteiger partial charge in [-0.3, -0.25) is 0 Å². The molecule has 1 aromatic heterocycles. The lowest BCUT2D eigenvalue weighted by molar-refractivity contribution is 0.287. The van der Waals surface area contributed by atoms with Crippen molar-refractivity contribution in [3.05, 3.63) is 42.0 Å². The second-order valence-electron chi connectivity index (χ2n) is 3.76. The molecule has 1 N–H and O–H groups in total. The third-order valence-electron chi connectivity index (χ3n) is 2.53. The Bertz CT molecular complexity index is 579. The lowest BCUT2D eigenvalue weighted by atomic mass is 10.2. The third-order valence-corrected chi connectivity index (χ3v) is 2.53. The predicted octanol–water partition coefficient (Wildman–Crippen LogP) is 1.22. The molecular weight excluding hydrogens is 242 g/mol. The van der Waals surface area contributed by atoms with Crippen molar-refractivity contribution in [2.24, 2.45) is 0 Å². The quantitative estimate of drug-likeness (QED) is 0.837. The second-order valence-corrected chi connectivity index (χ2v) is 3.76. The highest BCUT2D eigenvalue weighted by Gasteiger charge is 2.03. The van der Waals surface area contributed by atoms with E-state index < -0.39 is 0 Å². The molecule has 0 atom stereocenters. The summed E-state index contributed by atoms with van der Waals surface area (Å²) in [6.45, 7) is 3.03. The molecule has 2 rings (SSSR count). The van der Waals surface area contributed by atoms with E-state index in [2.05, 4.69) is 21.9 Å². The van der Waals surface area contributed by atoms with E-state index in [0.29, 0.717) is 6.61 Å². The number of hydrogen-bond acceptors (Lipinski definition) is 4. The zero-order valence-electron chi connectivity index (χ0n) is 10.7. The summed E-state index contributed by atoms with van der Waals surface area (Å²) in [6, 6.07) is 7.38. The number of ether oxygens (including phenoxy) is 1. The van der Waals surface area contributed by atoms with E-state index in [-0.39, 0.29) is 6.61 Å². The van der Waals surface area contributed by atoms with E-state index in [9.17, 15) is 0 Å². The summed E-state index contributed by atoms with van der Waals surface area (Å²) in [7, 11) is 0. The summed E-state index contributed by atoms with van der Waals surface area (Å²) in [4.78, 5) is 4.14. The Kier molecular flexibility index (Phi) is 4.54. The van der Waals surface area contributed by atoms with Crippen molar-refractivity contribution in [1.82, 2.24) is 14.8 Å². The molecule has 0 amide bonds. The van der Waals surface area contributed by atoms with Gasteiger partial charge in [-0.2, -0.15) is 5.10 Å². The van der Waals surface area contributed by atoms with Crippen LogP contribution >= 0.6 is 0 Å². The van der Waals surface area contributed by atoms with Gasteiger partial charge in [0, 0.05) is 12.1 Å². The fourth-order valence-corrected chi connectivity index (χ4v) is 1.59. The SMILES string of the molecule is CCn1ncnc1COc1ccc(C#CCO)cc1. The molecule has 0 aliphatic carbocycles. The minimum atomic E-state index is -0.134. The standard InChI is InChI=1S/C14H15N3O2/c1-2-17-14(15-11-16-17)10-19-13-7-5-12(6-8-13)4-3-9-18/h5-8,11,18H,2,9-10H2,1H3. The number of aliphatic hydroxyl groups is 1. The molecule has 1 aromatic carbocycles. The van der Waals surface area contributed by atoms with Crippen LogP contribution in [0, 0.1) is 11.8 Å². The average Bonchev–Trinajstić information content (AvgIpc) is 2.91. The number of aromatic nitrogens is 3. The molecular formula is C14H15N3O2. The highest BCUT2D eigenvalue weighted by Crippen LogP contribution is 2.13. The normalized spacial score (nSPS) is 9.79. The van der Waals surface area contributed by atoms with E-state index in [1.54, 1.807) is 4.68 Å². The molecule has 0 aliphatic heterocycles. The maximum absolute atomic E-state index is 8.61. The molecule has 5 heteroatoms. The summed E-state index contributed by atoms with van der Waals surface area (Å²) < 4.78 is 7.42. The van der Waals surface area contributed by atoms with Crippen molar-refractivity contribution in [3.8, 4) is 17.6 Å². The molecule has 0 saturated carbocycles. The number of aryl methyl sites for hydroxylation is 1. The Balaban J connectivity index is 1.96. The van der Waals surface area contributed by atoms with Crippen molar-refractivity contribution < 1.29 is 9.84 Å². The first kappa shape index (κ1) is 13.1. The molecule has 0 aliphatic rings. The summed E-state index contributed by atoms with van der Waals surface area (Å²) in [5, 5.41) is 12.7. The second kappa shape index (κ2) is 6.57. The first-order valence-corrected chi connectivity index (χ1v) is 6.02. The lowest BCUT2D eigenvalue weighted by Crippen LogP contribution is -2.07. The highest BCUT2D eigenvalue weighted by atomic mass is 16.5. The number of rotatable bonds is 4. The predicted molar refractivity (Wildman–Crippen MR) is 70.4 cm³/mol. The first-order valence-electron chi connectivity index (χ1n) is 6.02. The Labute approximate surface area is 111 Å². The monoisotopic (exact) mass is 257 g/mol. The Morgan fingerprint density at radius 3 is 2.79 bits per heavy atom. The average molecular weight is 257 g/mol. The van der Waals surface area contributed by atoms with Crippen molar-refractivity contribution in [1.29, 1.82) is 0 Å². The van der Waals surface area contributed by atoms with E-state index in [1.165, 1.54) is 6.33 Å². The fourth-order valence-electron chi connectivity index (χ4n) is 1.59. The molecule has 0 bridgehead atoms. The fraction of sp³-hybridized carbons (Fsp3) is 0.286. The number of benzene rings is 1. The van der Waals surface area contributed by atoms with Gasteiger partial charge in [-0.15, -0.1) is 0 Å². The molecule has 0 unspecified atom stereocenters. The maximum atomic E-state index is 8.61. The van der Waals surface area contributed by atoms with E-state index >= 15 is 0 Å². The lowest BCUT2D eigenvalue weighted by Gasteiger charge is -2.06. The number of aliphatic hydroxyl groups excluding tert-OH is 1. The van der Waals surface area contributed by atoms with Gasteiger partial charge in [-0.1, -0.05) is 11.8 Å². The highest BCUT2D eigenvalue weighted by molar-refractivity contribution is 5.38. The van der Waals surface area contributed by atoms with Crippen LogP contribution < -0.4 is 4.74 Å². The van der Waals surface area contributed by atoms with Gasteiger partial charge in [0.1, 0.15) is 25.3 Å². The van der Waals surface area contributed by atoms with Crippen molar-refractivity contribution in [3.63, 3.8) is 0 Å². The van der Waals surface area contributed by atoms with Crippen LogP contribution in [-0.4, -0.2) is 26.5 Å². The van der Waals surface area contributed by atoms with Crippen LogP contribution in [0.5, 0.6) is 5.75 Å². The van der Waals surface area contributed by atoms with Gasteiger partial charge in [0.25, 0.3) is 0 Å². The zero-order valence-corrected chi connectivity index (χ0v) is 10.7. The minimum absolute atomic E-state index is 0.134. The topological polar surface area (TPSA) is 60.2 Å². The van der Waals surface area contributed by atoms with Gasteiger partial charge in [-0.25, -0.2) is 9.67 Å². The van der Waals surface area contributed by atoms with Crippen molar-refractivity contribution in [2.45, 2.75) is 20.1 Å². The molecule has 0 spiro atoms. The van der Waals surface area contributed by atoms with Crippen LogP contribution in [0.4, 0.5) is 0 Å². The maximum Gasteiger partial charge on any atom is 0.164 e. The summed E-state index contributed by atoms with van der Waals surface area (Å²) in [5.74, 6) is 6.97. The van der Waals surface area contributed by atoms with Gasteiger partial charge < -0.3 is 9.84 Å². The van der Waals surface area contributed by atoms with Crippen molar-refractivity contribution in [2.75, 3.05) is 6.61 Å². The molecule has 0 fully saturated rings. The van der Waals surface area contributed by atoms with Gasteiger partial charge in [0.15, 0.2) is 5.82 Å². The third kappa shape index (κ3) is 3.57. The van der Waals surface area contributed by atoms with Gasteiger partial charge in [0.2, 0.25) is 0 Å². The zero-order chi connectivity index (χ0) is 13.5. The van der Waals surface area contributed by atoms with Crippen molar-refractivity contribution >= 4 is 0 Å². The van der Waals surface area contributed by atoms with Gasteiger partial charge >= 0.3 is 0 Å². The molecule has 5 nitrogen and oxygen atoms in total. The van der Waals surface area contributed by atoms with Crippen LogP contribution in [0.3, 0.4) is 0 Å². The van der Waals surface area contributed by atoms with Crippen LogP contribution in [-0.2, 0) is 13.2 Å². The summed E-state index contributed by atoms with van der Waals surface area (Å²) >= 11 is 0. The number of hydrogen-bond donors (Lipinski definition) is 1. The number of nitrogens with zero attached hydrogens (tertiary/aromatic N) is 3. The Morgan fingerprint density at radius 1 is 1.32 bits per heavy atom. The van der Waals surface area contributed by atoms with Crippen LogP contribution in [0.15, 0.2) is 30.6 Å². The Hall–Kier alpha value is -2.32. The summed E-state index contributed by atoms with van der Waals surface area (Å²) in [5.41, 5.74) is 0.845. The van der Waals surface area contributed by atoms with E-state index in [4.69, 9.17) is 9.84 Å².